The number of hydrogen-bond donors (Lipinski definition) is 1. The van der Waals surface area contributed by atoms with E-state index < -0.39 is 0 Å². The van der Waals surface area contributed by atoms with Crippen LogP contribution in [0.2, 0.25) is 0 Å². The van der Waals surface area contributed by atoms with E-state index in [1.54, 1.807) is 10.9 Å². The van der Waals surface area contributed by atoms with E-state index in [9.17, 15) is 4.79 Å². The molecule has 4 rings (SSSR count). The van der Waals surface area contributed by atoms with Gasteiger partial charge in [0.25, 0.3) is 5.56 Å². The van der Waals surface area contributed by atoms with E-state index in [0.717, 1.165) is 27.8 Å². The number of benzene rings is 2. The molecule has 120 valence electrons. The minimum Gasteiger partial charge on any atom is -0.336 e. The fraction of sp³-hybridized carbons (Fsp3) is 0.167. The quantitative estimate of drug-likeness (QED) is 0.630. The third-order valence-corrected chi connectivity index (χ3v) is 4.16. The average Bonchev–Trinajstić information content (AvgIpc) is 2.96. The van der Waals surface area contributed by atoms with Crippen LogP contribution in [0.3, 0.4) is 0 Å². The first-order chi connectivity index (χ1) is 11.7. The third kappa shape index (κ3) is 2.23. The molecular formula is C18H17N5O. The SMILES string of the molecule is CCn1c(=O)c(Nc2ccc3c(c2)ncn3C)nc2ccccc21. The van der Waals surface area contributed by atoms with Gasteiger partial charge in [0.15, 0.2) is 5.82 Å². The molecular weight excluding hydrogens is 302 g/mol. The lowest BCUT2D eigenvalue weighted by molar-refractivity contribution is 0.756. The van der Waals surface area contributed by atoms with Crippen molar-refractivity contribution in [2.45, 2.75) is 13.5 Å². The van der Waals surface area contributed by atoms with Gasteiger partial charge in [-0.3, -0.25) is 4.79 Å². The maximum atomic E-state index is 12.7. The maximum Gasteiger partial charge on any atom is 0.294 e. The monoisotopic (exact) mass is 319 g/mol. The molecule has 0 aliphatic rings. The van der Waals surface area contributed by atoms with Crippen LogP contribution in [0.15, 0.2) is 53.6 Å². The van der Waals surface area contributed by atoms with Crippen molar-refractivity contribution in [3.63, 3.8) is 0 Å². The van der Waals surface area contributed by atoms with E-state index in [1.807, 2.05) is 61.0 Å². The van der Waals surface area contributed by atoms with Gasteiger partial charge in [-0.15, -0.1) is 0 Å². The molecule has 2 heterocycles. The van der Waals surface area contributed by atoms with Gasteiger partial charge in [0.2, 0.25) is 0 Å². The van der Waals surface area contributed by atoms with Crippen molar-refractivity contribution in [3.05, 3.63) is 59.1 Å². The zero-order valence-electron chi connectivity index (χ0n) is 13.5. The number of fused-ring (bicyclic) bond motifs is 2. The molecule has 0 saturated carbocycles. The van der Waals surface area contributed by atoms with E-state index in [4.69, 9.17) is 0 Å². The van der Waals surface area contributed by atoms with Crippen LogP contribution in [0.25, 0.3) is 22.1 Å². The van der Waals surface area contributed by atoms with Gasteiger partial charge in [0.1, 0.15) is 0 Å². The van der Waals surface area contributed by atoms with Crippen LogP contribution in [0.1, 0.15) is 6.92 Å². The highest BCUT2D eigenvalue weighted by Crippen LogP contribution is 2.20. The van der Waals surface area contributed by atoms with Gasteiger partial charge >= 0.3 is 0 Å². The van der Waals surface area contributed by atoms with Crippen LogP contribution >= 0.6 is 0 Å². The third-order valence-electron chi connectivity index (χ3n) is 4.16. The summed E-state index contributed by atoms with van der Waals surface area (Å²) in [6.45, 7) is 2.55. The summed E-state index contributed by atoms with van der Waals surface area (Å²) in [6.07, 6.45) is 1.77. The maximum absolute atomic E-state index is 12.7. The summed E-state index contributed by atoms with van der Waals surface area (Å²) >= 11 is 0. The summed E-state index contributed by atoms with van der Waals surface area (Å²) in [5.41, 5.74) is 4.22. The Kier molecular flexibility index (Phi) is 3.30. The Morgan fingerprint density at radius 2 is 1.92 bits per heavy atom. The van der Waals surface area contributed by atoms with Gasteiger partial charge in [0, 0.05) is 19.3 Å². The number of nitrogens with one attached hydrogen (secondary N) is 1. The summed E-state index contributed by atoms with van der Waals surface area (Å²) in [5, 5.41) is 3.15. The molecule has 0 bridgehead atoms. The van der Waals surface area contributed by atoms with Crippen molar-refractivity contribution in [1.29, 1.82) is 0 Å². The van der Waals surface area contributed by atoms with Crippen LogP contribution < -0.4 is 10.9 Å². The predicted molar refractivity (Wildman–Crippen MR) is 95.7 cm³/mol. The average molecular weight is 319 g/mol. The van der Waals surface area contributed by atoms with Gasteiger partial charge in [-0.2, -0.15) is 0 Å². The molecule has 0 unspecified atom stereocenters. The summed E-state index contributed by atoms with van der Waals surface area (Å²) in [5.74, 6) is 0.325. The van der Waals surface area contributed by atoms with Crippen LogP contribution in [-0.4, -0.2) is 19.1 Å². The van der Waals surface area contributed by atoms with Crippen molar-refractivity contribution >= 4 is 33.6 Å². The van der Waals surface area contributed by atoms with Crippen LogP contribution in [0.4, 0.5) is 11.5 Å². The number of rotatable bonds is 3. The molecule has 0 saturated heterocycles. The number of para-hydroxylation sites is 2. The Hall–Kier alpha value is -3.15. The molecule has 0 amide bonds. The molecule has 2 aromatic heterocycles. The summed E-state index contributed by atoms with van der Waals surface area (Å²) in [6, 6.07) is 13.5. The second kappa shape index (κ2) is 5.49. The number of aromatic nitrogens is 4. The van der Waals surface area contributed by atoms with Crippen molar-refractivity contribution < 1.29 is 0 Å². The van der Waals surface area contributed by atoms with E-state index >= 15 is 0 Å². The lowest BCUT2D eigenvalue weighted by Gasteiger charge is -2.11. The Morgan fingerprint density at radius 1 is 1.08 bits per heavy atom. The molecule has 0 radical (unpaired) electrons. The number of imidazole rings is 1. The van der Waals surface area contributed by atoms with Crippen LogP contribution in [-0.2, 0) is 13.6 Å². The van der Waals surface area contributed by atoms with Gasteiger partial charge in [-0.05, 0) is 37.3 Å². The number of aryl methyl sites for hydroxylation is 2. The Morgan fingerprint density at radius 3 is 2.75 bits per heavy atom. The normalized spacial score (nSPS) is 11.2. The van der Waals surface area contributed by atoms with E-state index in [1.165, 1.54) is 0 Å². The number of nitrogens with zero attached hydrogens (tertiary/aromatic N) is 4. The van der Waals surface area contributed by atoms with Crippen molar-refractivity contribution in [2.24, 2.45) is 7.05 Å². The van der Waals surface area contributed by atoms with Gasteiger partial charge in [0.05, 0.1) is 28.4 Å². The molecule has 1 N–H and O–H groups in total. The first-order valence-corrected chi connectivity index (χ1v) is 7.85. The number of anilines is 2. The standard InChI is InChI=1S/C18H17N5O/c1-3-23-16-7-5-4-6-13(16)21-17(18(23)24)20-12-8-9-15-14(10-12)19-11-22(15)2/h4-11H,3H2,1-2H3,(H,20,21). The zero-order valence-corrected chi connectivity index (χ0v) is 13.5. The number of hydrogen-bond acceptors (Lipinski definition) is 4. The summed E-state index contributed by atoms with van der Waals surface area (Å²) in [7, 11) is 1.95. The van der Waals surface area contributed by atoms with Gasteiger partial charge < -0.3 is 14.5 Å². The molecule has 0 aliphatic carbocycles. The Balaban J connectivity index is 1.83. The smallest absolute Gasteiger partial charge is 0.294 e. The van der Waals surface area contributed by atoms with E-state index in [2.05, 4.69) is 15.3 Å². The van der Waals surface area contributed by atoms with E-state index in [-0.39, 0.29) is 5.56 Å². The largest absolute Gasteiger partial charge is 0.336 e. The molecule has 0 spiro atoms. The first-order valence-electron chi connectivity index (χ1n) is 7.85. The molecule has 4 aromatic rings. The minimum atomic E-state index is -0.127. The lowest BCUT2D eigenvalue weighted by Crippen LogP contribution is -2.23. The molecule has 0 aliphatic heterocycles. The highest BCUT2D eigenvalue weighted by atomic mass is 16.1. The lowest BCUT2D eigenvalue weighted by atomic mass is 10.2. The van der Waals surface area contributed by atoms with Crippen molar-refractivity contribution in [3.8, 4) is 0 Å². The molecule has 2 aromatic carbocycles. The molecule has 0 atom stereocenters. The predicted octanol–water partition coefficient (Wildman–Crippen LogP) is 3.05. The highest BCUT2D eigenvalue weighted by molar-refractivity contribution is 5.81. The zero-order chi connectivity index (χ0) is 16.7. The highest BCUT2D eigenvalue weighted by Gasteiger charge is 2.10. The first kappa shape index (κ1) is 14.4. The van der Waals surface area contributed by atoms with Gasteiger partial charge in [-0.25, -0.2) is 9.97 Å². The fourth-order valence-corrected chi connectivity index (χ4v) is 2.94. The van der Waals surface area contributed by atoms with Gasteiger partial charge in [-0.1, -0.05) is 12.1 Å². The van der Waals surface area contributed by atoms with Crippen molar-refractivity contribution in [1.82, 2.24) is 19.1 Å². The van der Waals surface area contributed by atoms with Crippen molar-refractivity contribution in [2.75, 3.05) is 5.32 Å². The Bertz CT molecular complexity index is 1110. The minimum absolute atomic E-state index is 0.127. The second-order valence-corrected chi connectivity index (χ2v) is 5.68. The van der Waals surface area contributed by atoms with Crippen LogP contribution in [0, 0.1) is 0 Å². The Labute approximate surface area is 138 Å². The molecule has 0 fully saturated rings. The fourth-order valence-electron chi connectivity index (χ4n) is 2.94. The van der Waals surface area contributed by atoms with E-state index in [0.29, 0.717) is 12.4 Å². The topological polar surface area (TPSA) is 64.7 Å². The summed E-state index contributed by atoms with van der Waals surface area (Å²) in [4.78, 5) is 21.5. The molecule has 6 nitrogen and oxygen atoms in total. The second-order valence-electron chi connectivity index (χ2n) is 5.68. The van der Waals surface area contributed by atoms with Crippen LogP contribution in [0.5, 0.6) is 0 Å². The summed E-state index contributed by atoms with van der Waals surface area (Å²) < 4.78 is 3.68. The molecule has 6 heteroatoms. The molecule has 24 heavy (non-hydrogen) atoms.